The molecule has 0 radical (unpaired) electrons. The van der Waals surface area contributed by atoms with Crippen molar-refractivity contribution in [2.24, 2.45) is 0 Å². The molecule has 0 unspecified atom stereocenters. The van der Waals surface area contributed by atoms with Gasteiger partial charge in [-0.1, -0.05) is 25.8 Å². The molecule has 0 fully saturated rings. The molecule has 18 heavy (non-hydrogen) atoms. The molecule has 1 aliphatic rings. The van der Waals surface area contributed by atoms with Gasteiger partial charge in [-0.05, 0) is 37.0 Å². The Morgan fingerprint density at radius 1 is 1.39 bits per heavy atom. The first-order chi connectivity index (χ1) is 8.83. The fourth-order valence-electron chi connectivity index (χ4n) is 2.30. The number of benzene rings is 1. The van der Waals surface area contributed by atoms with Gasteiger partial charge in [-0.2, -0.15) is 0 Å². The molecule has 98 valence electrons. The van der Waals surface area contributed by atoms with Gasteiger partial charge < -0.3 is 10.1 Å². The maximum absolute atomic E-state index is 12.0. The molecule has 0 amide bonds. The molecule has 1 aliphatic heterocycles. The number of esters is 1. The minimum absolute atomic E-state index is 0.174. The zero-order valence-corrected chi connectivity index (χ0v) is 11.0. The lowest BCUT2D eigenvalue weighted by atomic mass is 9.98. The van der Waals surface area contributed by atoms with Crippen LogP contribution in [0.15, 0.2) is 18.2 Å². The number of carbonyl (C=O) groups excluding carboxylic acids is 1. The van der Waals surface area contributed by atoms with E-state index in [0.29, 0.717) is 6.61 Å². The Kier molecular flexibility index (Phi) is 4.62. The molecule has 3 heteroatoms. The van der Waals surface area contributed by atoms with Gasteiger partial charge in [0.1, 0.15) is 0 Å². The van der Waals surface area contributed by atoms with Crippen molar-refractivity contribution in [1.82, 2.24) is 0 Å². The summed E-state index contributed by atoms with van der Waals surface area (Å²) in [4.78, 5) is 12.0. The molecule has 0 spiro atoms. The lowest BCUT2D eigenvalue weighted by Gasteiger charge is -2.20. The van der Waals surface area contributed by atoms with E-state index in [-0.39, 0.29) is 5.97 Å². The molecular formula is C15H21NO2. The van der Waals surface area contributed by atoms with E-state index >= 15 is 0 Å². The molecule has 0 atom stereocenters. The van der Waals surface area contributed by atoms with Crippen LogP contribution in [-0.4, -0.2) is 19.1 Å². The van der Waals surface area contributed by atoms with E-state index in [1.165, 1.54) is 0 Å². The molecular weight excluding hydrogens is 226 g/mol. The van der Waals surface area contributed by atoms with Crippen molar-refractivity contribution >= 4 is 11.7 Å². The zero-order chi connectivity index (χ0) is 12.8. The first-order valence-corrected chi connectivity index (χ1v) is 6.86. The molecule has 1 heterocycles. The molecule has 0 saturated heterocycles. The number of hydrogen-bond acceptors (Lipinski definition) is 3. The largest absolute Gasteiger partial charge is 0.462 e. The Balaban J connectivity index is 2.01. The van der Waals surface area contributed by atoms with Crippen LogP contribution in [0.2, 0.25) is 0 Å². The molecule has 1 aromatic rings. The minimum atomic E-state index is -0.174. The van der Waals surface area contributed by atoms with Crippen molar-refractivity contribution in [2.75, 3.05) is 18.5 Å². The van der Waals surface area contributed by atoms with Crippen molar-refractivity contribution in [3.8, 4) is 0 Å². The number of hydrogen-bond donors (Lipinski definition) is 1. The Hall–Kier alpha value is -1.51. The first kappa shape index (κ1) is 12.9. The molecule has 3 nitrogen and oxygen atoms in total. The third-order valence-corrected chi connectivity index (χ3v) is 3.30. The monoisotopic (exact) mass is 247 g/mol. The lowest BCUT2D eigenvalue weighted by molar-refractivity contribution is 0.0497. The normalized spacial score (nSPS) is 13.6. The van der Waals surface area contributed by atoms with Crippen molar-refractivity contribution in [3.05, 3.63) is 29.3 Å². The SMILES string of the molecule is CCCCCOC(=O)c1cccc2c1CCCN2. The van der Waals surface area contributed by atoms with Crippen molar-refractivity contribution in [3.63, 3.8) is 0 Å². The molecule has 1 aromatic carbocycles. The van der Waals surface area contributed by atoms with Gasteiger partial charge in [0.15, 0.2) is 0 Å². The van der Waals surface area contributed by atoms with Crippen LogP contribution in [0.4, 0.5) is 5.69 Å². The number of nitrogens with one attached hydrogen (secondary N) is 1. The maximum atomic E-state index is 12.0. The molecule has 0 aromatic heterocycles. The summed E-state index contributed by atoms with van der Waals surface area (Å²) in [7, 11) is 0. The van der Waals surface area contributed by atoms with Crippen LogP contribution in [0.3, 0.4) is 0 Å². The quantitative estimate of drug-likeness (QED) is 0.640. The van der Waals surface area contributed by atoms with Gasteiger partial charge in [0.25, 0.3) is 0 Å². The molecule has 0 bridgehead atoms. The van der Waals surface area contributed by atoms with E-state index in [1.54, 1.807) is 0 Å². The average molecular weight is 247 g/mol. The second-order valence-electron chi connectivity index (χ2n) is 4.71. The van der Waals surface area contributed by atoms with Gasteiger partial charge in [-0.3, -0.25) is 0 Å². The van der Waals surface area contributed by atoms with Gasteiger partial charge >= 0.3 is 5.97 Å². The summed E-state index contributed by atoms with van der Waals surface area (Å²) in [6.07, 6.45) is 5.25. The number of carbonyl (C=O) groups is 1. The van der Waals surface area contributed by atoms with Crippen molar-refractivity contribution in [1.29, 1.82) is 0 Å². The van der Waals surface area contributed by atoms with Crippen molar-refractivity contribution in [2.45, 2.75) is 39.0 Å². The second-order valence-corrected chi connectivity index (χ2v) is 4.71. The average Bonchev–Trinajstić information content (AvgIpc) is 2.43. The Labute approximate surface area is 109 Å². The highest BCUT2D eigenvalue weighted by atomic mass is 16.5. The maximum Gasteiger partial charge on any atom is 0.338 e. The van der Waals surface area contributed by atoms with E-state index in [1.807, 2.05) is 18.2 Å². The Morgan fingerprint density at radius 2 is 2.28 bits per heavy atom. The van der Waals surface area contributed by atoms with Crippen LogP contribution >= 0.6 is 0 Å². The summed E-state index contributed by atoms with van der Waals surface area (Å²) in [5, 5.41) is 3.33. The van der Waals surface area contributed by atoms with Crippen LogP contribution < -0.4 is 5.32 Å². The highest BCUT2D eigenvalue weighted by Gasteiger charge is 2.17. The lowest BCUT2D eigenvalue weighted by Crippen LogP contribution is -2.17. The fourth-order valence-corrected chi connectivity index (χ4v) is 2.30. The standard InChI is InChI=1S/C15H21NO2/c1-2-3-4-11-18-15(17)13-7-5-9-14-12(13)8-6-10-16-14/h5,7,9,16H,2-4,6,8,10-11H2,1H3. The van der Waals surface area contributed by atoms with Crippen LogP contribution in [0.1, 0.15) is 48.5 Å². The highest BCUT2D eigenvalue weighted by Crippen LogP contribution is 2.25. The van der Waals surface area contributed by atoms with Gasteiger partial charge in [-0.15, -0.1) is 0 Å². The predicted molar refractivity (Wildman–Crippen MR) is 73.1 cm³/mol. The predicted octanol–water partition coefficient (Wildman–Crippen LogP) is 3.39. The van der Waals surface area contributed by atoms with Gasteiger partial charge in [0, 0.05) is 12.2 Å². The third kappa shape index (κ3) is 3.03. The number of anilines is 1. The Morgan fingerprint density at radius 3 is 3.11 bits per heavy atom. The van der Waals surface area contributed by atoms with E-state index in [0.717, 1.165) is 55.5 Å². The minimum Gasteiger partial charge on any atom is -0.462 e. The summed E-state index contributed by atoms with van der Waals surface area (Å²) < 4.78 is 5.33. The molecule has 2 rings (SSSR count). The number of unbranched alkanes of at least 4 members (excludes halogenated alkanes) is 2. The van der Waals surface area contributed by atoms with E-state index in [9.17, 15) is 4.79 Å². The van der Waals surface area contributed by atoms with Gasteiger partial charge in [0.2, 0.25) is 0 Å². The highest BCUT2D eigenvalue weighted by molar-refractivity contribution is 5.93. The van der Waals surface area contributed by atoms with Crippen LogP contribution in [0.5, 0.6) is 0 Å². The topological polar surface area (TPSA) is 38.3 Å². The van der Waals surface area contributed by atoms with Crippen LogP contribution in [-0.2, 0) is 11.2 Å². The molecule has 0 aliphatic carbocycles. The number of ether oxygens (including phenoxy) is 1. The van der Waals surface area contributed by atoms with E-state index in [2.05, 4.69) is 12.2 Å². The number of fused-ring (bicyclic) bond motifs is 1. The van der Waals surface area contributed by atoms with E-state index in [4.69, 9.17) is 4.74 Å². The summed E-state index contributed by atoms with van der Waals surface area (Å²) >= 11 is 0. The van der Waals surface area contributed by atoms with Crippen LogP contribution in [0, 0.1) is 0 Å². The second kappa shape index (κ2) is 6.43. The van der Waals surface area contributed by atoms with Gasteiger partial charge in [0.05, 0.1) is 12.2 Å². The summed E-state index contributed by atoms with van der Waals surface area (Å²) in [6.45, 7) is 3.66. The molecule has 1 N–H and O–H groups in total. The Bertz CT molecular complexity index is 415. The fraction of sp³-hybridized carbons (Fsp3) is 0.533. The van der Waals surface area contributed by atoms with Gasteiger partial charge in [-0.25, -0.2) is 4.79 Å². The molecule has 0 saturated carbocycles. The van der Waals surface area contributed by atoms with Crippen LogP contribution in [0.25, 0.3) is 0 Å². The summed E-state index contributed by atoms with van der Waals surface area (Å²) in [5.74, 6) is -0.174. The summed E-state index contributed by atoms with van der Waals surface area (Å²) in [6, 6.07) is 5.82. The first-order valence-electron chi connectivity index (χ1n) is 6.86. The zero-order valence-electron chi connectivity index (χ0n) is 11.0. The van der Waals surface area contributed by atoms with Crippen molar-refractivity contribution < 1.29 is 9.53 Å². The summed E-state index contributed by atoms with van der Waals surface area (Å²) in [5.41, 5.74) is 2.93. The number of rotatable bonds is 5. The van der Waals surface area contributed by atoms with E-state index < -0.39 is 0 Å². The third-order valence-electron chi connectivity index (χ3n) is 3.30. The smallest absolute Gasteiger partial charge is 0.338 e.